The number of carbonyl (C=O) groups is 1. The van der Waals surface area contributed by atoms with Crippen molar-refractivity contribution in [1.29, 1.82) is 0 Å². The summed E-state index contributed by atoms with van der Waals surface area (Å²) in [6, 6.07) is 5.27. The van der Waals surface area contributed by atoms with E-state index >= 15 is 0 Å². The summed E-state index contributed by atoms with van der Waals surface area (Å²) in [4.78, 5) is 11.2. The molecular formula is C12H13Cl2NO2. The second kappa shape index (κ2) is 4.84. The predicted octanol–water partition coefficient (Wildman–Crippen LogP) is 3.09. The van der Waals surface area contributed by atoms with Gasteiger partial charge in [0.15, 0.2) is 0 Å². The van der Waals surface area contributed by atoms with Crippen LogP contribution in [-0.4, -0.2) is 16.6 Å². The first-order valence-electron chi connectivity index (χ1n) is 5.46. The van der Waals surface area contributed by atoms with Gasteiger partial charge in [-0.05, 0) is 31.4 Å². The molecule has 1 aromatic carbocycles. The van der Waals surface area contributed by atoms with Crippen molar-refractivity contribution in [2.24, 2.45) is 0 Å². The van der Waals surface area contributed by atoms with Gasteiger partial charge >= 0.3 is 5.97 Å². The summed E-state index contributed by atoms with van der Waals surface area (Å²) in [5, 5.41) is 13.4. The zero-order valence-corrected chi connectivity index (χ0v) is 10.7. The zero-order chi connectivity index (χ0) is 12.5. The van der Waals surface area contributed by atoms with E-state index in [1.54, 1.807) is 18.2 Å². The van der Waals surface area contributed by atoms with Crippen molar-refractivity contribution in [2.75, 3.05) is 0 Å². The number of rotatable bonds is 4. The minimum absolute atomic E-state index is 0.380. The van der Waals surface area contributed by atoms with E-state index in [0.29, 0.717) is 29.4 Å². The highest BCUT2D eigenvalue weighted by molar-refractivity contribution is 6.35. The van der Waals surface area contributed by atoms with Crippen molar-refractivity contribution in [3.05, 3.63) is 33.8 Å². The number of hydrogen-bond acceptors (Lipinski definition) is 2. The summed E-state index contributed by atoms with van der Waals surface area (Å²) in [7, 11) is 0. The van der Waals surface area contributed by atoms with E-state index < -0.39 is 11.5 Å². The number of nitrogens with one attached hydrogen (secondary N) is 1. The first kappa shape index (κ1) is 12.7. The summed E-state index contributed by atoms with van der Waals surface area (Å²) >= 11 is 12.1. The van der Waals surface area contributed by atoms with Crippen LogP contribution < -0.4 is 5.32 Å². The maximum Gasteiger partial charge on any atom is 0.323 e. The molecule has 0 amide bonds. The average molecular weight is 274 g/mol. The highest BCUT2D eigenvalue weighted by Crippen LogP contribution is 2.33. The number of carboxylic acids is 1. The molecule has 0 bridgehead atoms. The van der Waals surface area contributed by atoms with E-state index in [4.69, 9.17) is 23.2 Å². The molecular weight excluding hydrogens is 261 g/mol. The number of halogens is 2. The van der Waals surface area contributed by atoms with E-state index in [-0.39, 0.29) is 0 Å². The van der Waals surface area contributed by atoms with Gasteiger partial charge in [0.2, 0.25) is 0 Å². The van der Waals surface area contributed by atoms with Crippen LogP contribution in [0.2, 0.25) is 10.0 Å². The molecule has 0 spiro atoms. The van der Waals surface area contributed by atoms with E-state index in [1.807, 2.05) is 0 Å². The first-order valence-corrected chi connectivity index (χ1v) is 6.22. The predicted molar refractivity (Wildman–Crippen MR) is 67.5 cm³/mol. The Morgan fingerprint density at radius 2 is 1.94 bits per heavy atom. The average Bonchev–Trinajstić information content (AvgIpc) is 2.19. The lowest BCUT2D eigenvalue weighted by atomic mass is 9.76. The third kappa shape index (κ3) is 2.41. The summed E-state index contributed by atoms with van der Waals surface area (Å²) in [6.45, 7) is 0.380. The molecule has 2 N–H and O–H groups in total. The molecule has 0 aliphatic heterocycles. The van der Waals surface area contributed by atoms with Crippen LogP contribution in [0.5, 0.6) is 0 Å². The van der Waals surface area contributed by atoms with Crippen molar-refractivity contribution in [3.63, 3.8) is 0 Å². The summed E-state index contributed by atoms with van der Waals surface area (Å²) in [5.74, 6) is -0.799. The third-order valence-electron chi connectivity index (χ3n) is 3.28. The molecule has 5 heteroatoms. The Bertz CT molecular complexity index is 424. The van der Waals surface area contributed by atoms with Crippen LogP contribution in [-0.2, 0) is 11.3 Å². The summed E-state index contributed by atoms with van der Waals surface area (Å²) < 4.78 is 0. The fourth-order valence-corrected chi connectivity index (χ4v) is 2.49. The van der Waals surface area contributed by atoms with Gasteiger partial charge in [0.1, 0.15) is 5.54 Å². The Morgan fingerprint density at radius 1 is 1.35 bits per heavy atom. The Balaban J connectivity index is 2.10. The SMILES string of the molecule is O=C(O)C1(NCc2c(Cl)cccc2Cl)CCC1. The first-order chi connectivity index (χ1) is 8.05. The molecule has 0 atom stereocenters. The molecule has 0 aromatic heterocycles. The van der Waals surface area contributed by atoms with Crippen LogP contribution in [0.3, 0.4) is 0 Å². The van der Waals surface area contributed by atoms with E-state index in [2.05, 4.69) is 5.32 Å². The van der Waals surface area contributed by atoms with Crippen LogP contribution in [0.15, 0.2) is 18.2 Å². The minimum Gasteiger partial charge on any atom is -0.480 e. The molecule has 0 saturated heterocycles. The molecule has 1 saturated carbocycles. The molecule has 1 aliphatic rings. The monoisotopic (exact) mass is 273 g/mol. The topological polar surface area (TPSA) is 49.3 Å². The fourth-order valence-electron chi connectivity index (χ4n) is 1.96. The van der Waals surface area contributed by atoms with Gasteiger partial charge in [0.25, 0.3) is 0 Å². The Hall–Kier alpha value is -0.770. The Morgan fingerprint density at radius 3 is 2.35 bits per heavy atom. The number of carboxylic acid groups (broad SMARTS) is 1. The standard InChI is InChI=1S/C12H13Cl2NO2/c13-9-3-1-4-10(14)8(9)7-15-12(11(16)17)5-2-6-12/h1,3-4,15H,2,5-7H2,(H,16,17). The lowest BCUT2D eigenvalue weighted by Crippen LogP contribution is -2.56. The van der Waals surface area contributed by atoms with Crippen molar-refractivity contribution in [1.82, 2.24) is 5.32 Å². The molecule has 0 heterocycles. The summed E-state index contributed by atoms with van der Waals surface area (Å²) in [5.41, 5.74) is -0.0361. The van der Waals surface area contributed by atoms with Crippen LogP contribution in [0.25, 0.3) is 0 Å². The van der Waals surface area contributed by atoms with E-state index in [9.17, 15) is 9.90 Å². The molecule has 0 radical (unpaired) electrons. The fraction of sp³-hybridized carbons (Fsp3) is 0.417. The lowest BCUT2D eigenvalue weighted by molar-refractivity contribution is -0.148. The maximum absolute atomic E-state index is 11.2. The second-order valence-corrected chi connectivity index (χ2v) is 5.11. The number of hydrogen-bond donors (Lipinski definition) is 2. The van der Waals surface area contributed by atoms with Crippen molar-refractivity contribution in [3.8, 4) is 0 Å². The molecule has 0 unspecified atom stereocenters. The zero-order valence-electron chi connectivity index (χ0n) is 9.17. The summed E-state index contributed by atoms with van der Waals surface area (Å²) in [6.07, 6.45) is 2.25. The molecule has 92 valence electrons. The highest BCUT2D eigenvalue weighted by Gasteiger charge is 2.43. The van der Waals surface area contributed by atoms with Gasteiger partial charge in [-0.1, -0.05) is 29.3 Å². The maximum atomic E-state index is 11.2. The minimum atomic E-state index is -0.799. The molecule has 1 fully saturated rings. The largest absolute Gasteiger partial charge is 0.480 e. The van der Waals surface area contributed by atoms with Crippen LogP contribution in [0.1, 0.15) is 24.8 Å². The Kier molecular flexibility index (Phi) is 3.61. The lowest BCUT2D eigenvalue weighted by Gasteiger charge is -2.38. The van der Waals surface area contributed by atoms with Crippen molar-refractivity contribution < 1.29 is 9.90 Å². The second-order valence-electron chi connectivity index (χ2n) is 4.29. The quantitative estimate of drug-likeness (QED) is 0.887. The van der Waals surface area contributed by atoms with Crippen molar-refractivity contribution >= 4 is 29.2 Å². The van der Waals surface area contributed by atoms with Crippen LogP contribution in [0, 0.1) is 0 Å². The smallest absolute Gasteiger partial charge is 0.323 e. The van der Waals surface area contributed by atoms with Gasteiger partial charge in [0.05, 0.1) is 0 Å². The normalized spacial score (nSPS) is 17.5. The van der Waals surface area contributed by atoms with Crippen LogP contribution >= 0.6 is 23.2 Å². The Labute approximate surface area is 110 Å². The van der Waals surface area contributed by atoms with Gasteiger partial charge in [-0.2, -0.15) is 0 Å². The van der Waals surface area contributed by atoms with Gasteiger partial charge in [-0.25, -0.2) is 0 Å². The molecule has 1 aliphatic carbocycles. The number of aliphatic carboxylic acids is 1. The van der Waals surface area contributed by atoms with Crippen LogP contribution in [0.4, 0.5) is 0 Å². The van der Waals surface area contributed by atoms with Gasteiger partial charge < -0.3 is 5.11 Å². The molecule has 2 rings (SSSR count). The van der Waals surface area contributed by atoms with Gasteiger partial charge in [-0.15, -0.1) is 0 Å². The highest BCUT2D eigenvalue weighted by atomic mass is 35.5. The molecule has 3 nitrogen and oxygen atoms in total. The molecule has 17 heavy (non-hydrogen) atoms. The van der Waals surface area contributed by atoms with Gasteiger partial charge in [-0.3, -0.25) is 10.1 Å². The number of benzene rings is 1. The third-order valence-corrected chi connectivity index (χ3v) is 3.99. The van der Waals surface area contributed by atoms with E-state index in [1.165, 1.54) is 0 Å². The van der Waals surface area contributed by atoms with E-state index in [0.717, 1.165) is 12.0 Å². The molecule has 1 aromatic rings. The van der Waals surface area contributed by atoms with Crippen molar-refractivity contribution in [2.45, 2.75) is 31.3 Å². The van der Waals surface area contributed by atoms with Gasteiger partial charge in [0, 0.05) is 22.2 Å².